The quantitative estimate of drug-likeness (QED) is 0.815. The fourth-order valence-corrected chi connectivity index (χ4v) is 2.31. The summed E-state index contributed by atoms with van der Waals surface area (Å²) < 4.78 is 0. The molecule has 0 unspecified atom stereocenters. The fraction of sp³-hybridized carbons (Fsp3) is 0.429. The van der Waals surface area contributed by atoms with Crippen LogP contribution in [0.5, 0.6) is 0 Å². The lowest BCUT2D eigenvalue weighted by molar-refractivity contribution is -0.116. The van der Waals surface area contributed by atoms with E-state index < -0.39 is 5.97 Å². The number of aromatic carboxylic acids is 1. The number of rotatable bonds is 1. The minimum Gasteiger partial charge on any atom is -0.478 e. The van der Waals surface area contributed by atoms with E-state index in [-0.39, 0.29) is 17.0 Å². The Morgan fingerprint density at radius 1 is 1.37 bits per heavy atom. The van der Waals surface area contributed by atoms with E-state index >= 15 is 0 Å². The largest absolute Gasteiger partial charge is 0.478 e. The van der Waals surface area contributed by atoms with Gasteiger partial charge < -0.3 is 15.3 Å². The molecule has 1 aromatic carbocycles. The molecule has 0 aliphatic carbocycles. The van der Waals surface area contributed by atoms with Gasteiger partial charge >= 0.3 is 5.97 Å². The van der Waals surface area contributed by atoms with Gasteiger partial charge in [-0.1, -0.05) is 6.07 Å². The summed E-state index contributed by atoms with van der Waals surface area (Å²) in [5.74, 6) is -1.19. The molecule has 0 atom stereocenters. The van der Waals surface area contributed by atoms with Crippen LogP contribution in [0.1, 0.15) is 37.6 Å². The smallest absolute Gasteiger partial charge is 0.337 e. The number of benzene rings is 1. The van der Waals surface area contributed by atoms with Gasteiger partial charge in [-0.3, -0.25) is 4.79 Å². The first-order chi connectivity index (χ1) is 8.80. The number of fused-ring (bicyclic) bond motifs is 1. The average Bonchev–Trinajstić information content (AvgIpc) is 2.45. The number of hydrogen-bond donors (Lipinski definition) is 2. The number of para-hydroxylation sites is 1. The van der Waals surface area contributed by atoms with Gasteiger partial charge in [-0.25, -0.2) is 4.79 Å². The van der Waals surface area contributed by atoms with Crippen molar-refractivity contribution in [3.63, 3.8) is 0 Å². The summed E-state index contributed by atoms with van der Waals surface area (Å²) in [6, 6.07) is 5.06. The van der Waals surface area contributed by atoms with Crippen LogP contribution in [-0.4, -0.2) is 29.1 Å². The third kappa shape index (κ3) is 2.54. The molecule has 0 radical (unpaired) electrons. The second-order valence-corrected chi connectivity index (χ2v) is 5.63. The third-order valence-corrected chi connectivity index (χ3v) is 3.20. The summed E-state index contributed by atoms with van der Waals surface area (Å²) in [6.07, 6.45) is 0.352. The minimum absolute atomic E-state index is 0.127. The molecule has 2 N–H and O–H groups in total. The van der Waals surface area contributed by atoms with Crippen LogP contribution in [0.15, 0.2) is 18.2 Å². The van der Waals surface area contributed by atoms with Crippen molar-refractivity contribution in [2.24, 2.45) is 0 Å². The molecule has 1 aliphatic heterocycles. The molecule has 0 bridgehead atoms. The lowest BCUT2D eigenvalue weighted by Gasteiger charge is -2.37. The molecule has 1 aliphatic rings. The van der Waals surface area contributed by atoms with Crippen LogP contribution in [0, 0.1) is 0 Å². The first-order valence-electron chi connectivity index (χ1n) is 6.24. The molecule has 0 fully saturated rings. The van der Waals surface area contributed by atoms with E-state index in [0.717, 1.165) is 5.69 Å². The summed E-state index contributed by atoms with van der Waals surface area (Å²) in [5.41, 5.74) is 1.10. The predicted molar refractivity (Wildman–Crippen MR) is 73.7 cm³/mol. The molecule has 5 heteroatoms. The van der Waals surface area contributed by atoms with Crippen LogP contribution in [0.3, 0.4) is 0 Å². The summed E-state index contributed by atoms with van der Waals surface area (Å²) in [5, 5.41) is 12.0. The number of nitrogens with one attached hydrogen (secondary N) is 1. The molecule has 0 saturated heterocycles. The summed E-state index contributed by atoms with van der Waals surface area (Å²) in [7, 11) is 0. The van der Waals surface area contributed by atoms with E-state index in [4.69, 9.17) is 0 Å². The summed E-state index contributed by atoms with van der Waals surface area (Å²) in [4.78, 5) is 25.1. The Kier molecular flexibility index (Phi) is 3.22. The van der Waals surface area contributed by atoms with Gasteiger partial charge in [0.2, 0.25) is 5.91 Å². The van der Waals surface area contributed by atoms with Gasteiger partial charge in [-0.15, -0.1) is 0 Å². The van der Waals surface area contributed by atoms with Gasteiger partial charge in [0.1, 0.15) is 0 Å². The number of carbonyl (C=O) groups excluding carboxylic acids is 1. The van der Waals surface area contributed by atoms with Crippen molar-refractivity contribution in [3.8, 4) is 0 Å². The molecular weight excluding hydrogens is 244 g/mol. The van der Waals surface area contributed by atoms with Gasteiger partial charge in [0, 0.05) is 18.5 Å². The summed E-state index contributed by atoms with van der Waals surface area (Å²) >= 11 is 0. The second kappa shape index (κ2) is 4.57. The lowest BCUT2D eigenvalue weighted by atomic mass is 10.0. The van der Waals surface area contributed by atoms with E-state index in [1.165, 1.54) is 6.07 Å². The topological polar surface area (TPSA) is 69.6 Å². The number of hydrogen-bond acceptors (Lipinski definition) is 3. The highest BCUT2D eigenvalue weighted by atomic mass is 16.4. The maximum absolute atomic E-state index is 11.8. The highest BCUT2D eigenvalue weighted by Gasteiger charge is 2.29. The van der Waals surface area contributed by atoms with E-state index in [1.807, 2.05) is 26.8 Å². The molecule has 0 aromatic heterocycles. The minimum atomic E-state index is -1.03. The normalized spacial score (nSPS) is 15.5. The Bertz CT molecular complexity index is 532. The van der Waals surface area contributed by atoms with Crippen molar-refractivity contribution < 1.29 is 14.7 Å². The lowest BCUT2D eigenvalue weighted by Crippen LogP contribution is -2.42. The zero-order chi connectivity index (χ0) is 14.2. The number of anilines is 2. The van der Waals surface area contributed by atoms with E-state index in [9.17, 15) is 14.7 Å². The van der Waals surface area contributed by atoms with Gasteiger partial charge in [-0.2, -0.15) is 0 Å². The molecular formula is C14H18N2O3. The monoisotopic (exact) mass is 262 g/mol. The fourth-order valence-electron chi connectivity index (χ4n) is 2.31. The second-order valence-electron chi connectivity index (χ2n) is 5.63. The first kappa shape index (κ1) is 13.4. The van der Waals surface area contributed by atoms with Gasteiger partial charge in [0.05, 0.1) is 16.9 Å². The van der Waals surface area contributed by atoms with Crippen LogP contribution in [0.4, 0.5) is 11.4 Å². The highest BCUT2D eigenvalue weighted by Crippen LogP contribution is 2.36. The number of carboxylic acid groups (broad SMARTS) is 1. The number of amides is 1. The summed E-state index contributed by atoms with van der Waals surface area (Å²) in [6.45, 7) is 6.70. The Hall–Kier alpha value is -2.04. The van der Waals surface area contributed by atoms with Crippen molar-refractivity contribution in [2.45, 2.75) is 32.7 Å². The van der Waals surface area contributed by atoms with Gasteiger partial charge in [0.25, 0.3) is 0 Å². The Morgan fingerprint density at radius 3 is 2.63 bits per heavy atom. The van der Waals surface area contributed by atoms with E-state index in [2.05, 4.69) is 10.2 Å². The average molecular weight is 262 g/mol. The number of carbonyl (C=O) groups is 2. The predicted octanol–water partition coefficient (Wildman–Crippen LogP) is 2.33. The number of nitrogens with zero attached hydrogens (tertiary/aromatic N) is 1. The van der Waals surface area contributed by atoms with Crippen molar-refractivity contribution >= 4 is 23.3 Å². The van der Waals surface area contributed by atoms with Crippen LogP contribution in [0.2, 0.25) is 0 Å². The van der Waals surface area contributed by atoms with Crippen LogP contribution in [-0.2, 0) is 4.79 Å². The molecule has 102 valence electrons. The maximum Gasteiger partial charge on any atom is 0.337 e. The first-order valence-corrected chi connectivity index (χ1v) is 6.24. The molecule has 19 heavy (non-hydrogen) atoms. The zero-order valence-corrected chi connectivity index (χ0v) is 11.4. The molecule has 5 nitrogen and oxygen atoms in total. The Balaban J connectivity index is 2.62. The molecule has 0 saturated carbocycles. The molecule has 1 amide bonds. The van der Waals surface area contributed by atoms with Crippen LogP contribution in [0.25, 0.3) is 0 Å². The SMILES string of the molecule is CC(C)(C)N1CCC(=O)Nc2c(C(=O)O)cccc21. The molecule has 1 aromatic rings. The van der Waals surface area contributed by atoms with E-state index in [1.54, 1.807) is 6.07 Å². The van der Waals surface area contributed by atoms with Gasteiger partial charge in [-0.05, 0) is 32.9 Å². The molecule has 1 heterocycles. The van der Waals surface area contributed by atoms with Crippen LogP contribution >= 0.6 is 0 Å². The Labute approximate surface area is 112 Å². The van der Waals surface area contributed by atoms with Gasteiger partial charge in [0.15, 0.2) is 0 Å². The Morgan fingerprint density at radius 2 is 2.05 bits per heavy atom. The molecule has 0 spiro atoms. The zero-order valence-electron chi connectivity index (χ0n) is 11.4. The van der Waals surface area contributed by atoms with Crippen LogP contribution < -0.4 is 10.2 Å². The highest BCUT2D eigenvalue weighted by molar-refractivity contribution is 6.05. The van der Waals surface area contributed by atoms with Crippen molar-refractivity contribution in [2.75, 3.05) is 16.8 Å². The van der Waals surface area contributed by atoms with Crippen molar-refractivity contribution in [3.05, 3.63) is 23.8 Å². The van der Waals surface area contributed by atoms with Crippen molar-refractivity contribution in [1.82, 2.24) is 0 Å². The van der Waals surface area contributed by atoms with Crippen molar-refractivity contribution in [1.29, 1.82) is 0 Å². The maximum atomic E-state index is 11.8. The standard InChI is InChI=1S/C14H18N2O3/c1-14(2,3)16-8-7-11(17)15-12-9(13(18)19)5-4-6-10(12)16/h4-6H,7-8H2,1-3H3,(H,15,17)(H,18,19). The van der Waals surface area contributed by atoms with E-state index in [0.29, 0.717) is 18.7 Å². The molecule has 2 rings (SSSR count). The number of carboxylic acids is 1. The third-order valence-electron chi connectivity index (χ3n) is 3.20.